The number of fused-ring (bicyclic) bond motifs is 1. The molecule has 1 aliphatic rings. The number of benzene rings is 2. The molecule has 1 heterocycles. The van der Waals surface area contributed by atoms with Gasteiger partial charge >= 0.3 is 0 Å². The van der Waals surface area contributed by atoms with Crippen molar-refractivity contribution >= 4 is 11.6 Å². The number of ether oxygens (including phenoxy) is 3. The second kappa shape index (κ2) is 5.13. The average molecular weight is 271 g/mol. The lowest BCUT2D eigenvalue weighted by Crippen LogP contribution is -2.12. The van der Waals surface area contributed by atoms with Gasteiger partial charge in [-0.2, -0.15) is 0 Å². The number of carbonyl (C=O) groups excluding carboxylic acids is 1. The third kappa shape index (κ3) is 2.25. The zero-order chi connectivity index (χ0) is 13.9. The molecule has 1 aliphatic heterocycles. The van der Waals surface area contributed by atoms with Gasteiger partial charge < -0.3 is 19.5 Å². The fourth-order valence-electron chi connectivity index (χ4n) is 1.98. The van der Waals surface area contributed by atoms with Crippen molar-refractivity contribution in [2.75, 3.05) is 19.2 Å². The Morgan fingerprint density at radius 1 is 1.15 bits per heavy atom. The molecule has 0 aliphatic carbocycles. The van der Waals surface area contributed by atoms with Gasteiger partial charge in [0.15, 0.2) is 11.5 Å². The summed E-state index contributed by atoms with van der Waals surface area (Å²) in [6.07, 6.45) is 0. The second-order valence-electron chi connectivity index (χ2n) is 4.22. The van der Waals surface area contributed by atoms with Crippen LogP contribution in [0.25, 0.3) is 0 Å². The lowest BCUT2D eigenvalue weighted by atomic mass is 10.1. The molecule has 1 amide bonds. The number of carbonyl (C=O) groups is 1. The SMILES string of the molecule is COc1ccc(NC(=O)c2cccc3c2OCO3)cc1. The van der Waals surface area contributed by atoms with Crippen LogP contribution in [0.4, 0.5) is 5.69 Å². The van der Waals surface area contributed by atoms with E-state index in [9.17, 15) is 4.79 Å². The van der Waals surface area contributed by atoms with Crippen molar-refractivity contribution in [3.8, 4) is 17.2 Å². The summed E-state index contributed by atoms with van der Waals surface area (Å²) in [6, 6.07) is 12.3. The Labute approximate surface area is 116 Å². The minimum atomic E-state index is -0.238. The van der Waals surface area contributed by atoms with Crippen LogP contribution in [-0.4, -0.2) is 19.8 Å². The van der Waals surface area contributed by atoms with E-state index in [1.54, 1.807) is 49.6 Å². The van der Waals surface area contributed by atoms with Crippen molar-refractivity contribution in [2.45, 2.75) is 0 Å². The van der Waals surface area contributed by atoms with Gasteiger partial charge in [-0.25, -0.2) is 0 Å². The van der Waals surface area contributed by atoms with E-state index in [-0.39, 0.29) is 12.7 Å². The molecule has 0 saturated heterocycles. The summed E-state index contributed by atoms with van der Waals surface area (Å²) in [5, 5.41) is 2.81. The molecule has 0 aromatic heterocycles. The van der Waals surface area contributed by atoms with Crippen LogP contribution in [0.15, 0.2) is 42.5 Å². The molecular formula is C15H13NO4. The lowest BCUT2D eigenvalue weighted by molar-refractivity contribution is 0.102. The largest absolute Gasteiger partial charge is 0.497 e. The van der Waals surface area contributed by atoms with Crippen molar-refractivity contribution in [3.05, 3.63) is 48.0 Å². The molecule has 3 rings (SSSR count). The van der Waals surface area contributed by atoms with Gasteiger partial charge in [-0.3, -0.25) is 4.79 Å². The standard InChI is InChI=1S/C15H13NO4/c1-18-11-7-5-10(6-8-11)16-15(17)12-3-2-4-13-14(12)20-9-19-13/h2-8H,9H2,1H3,(H,16,17). The number of methoxy groups -OCH3 is 1. The highest BCUT2D eigenvalue weighted by Gasteiger charge is 2.21. The summed E-state index contributed by atoms with van der Waals surface area (Å²) in [5.41, 5.74) is 1.14. The smallest absolute Gasteiger partial charge is 0.259 e. The van der Waals surface area contributed by atoms with Crippen LogP contribution < -0.4 is 19.5 Å². The summed E-state index contributed by atoms with van der Waals surface area (Å²) in [7, 11) is 1.60. The van der Waals surface area contributed by atoms with Gasteiger partial charge in [-0.1, -0.05) is 6.07 Å². The van der Waals surface area contributed by atoms with E-state index in [4.69, 9.17) is 14.2 Å². The van der Waals surface area contributed by atoms with Gasteiger partial charge in [0, 0.05) is 5.69 Å². The molecule has 0 bridgehead atoms. The van der Waals surface area contributed by atoms with Crippen LogP contribution in [0.1, 0.15) is 10.4 Å². The molecule has 0 saturated carbocycles. The van der Waals surface area contributed by atoms with Crippen molar-refractivity contribution in [1.29, 1.82) is 0 Å². The fourth-order valence-corrected chi connectivity index (χ4v) is 1.98. The molecule has 2 aromatic rings. The van der Waals surface area contributed by atoms with Crippen LogP contribution >= 0.6 is 0 Å². The summed E-state index contributed by atoms with van der Waals surface area (Å²) in [6.45, 7) is 0.141. The summed E-state index contributed by atoms with van der Waals surface area (Å²) in [4.78, 5) is 12.3. The maximum absolute atomic E-state index is 12.3. The van der Waals surface area contributed by atoms with E-state index in [0.29, 0.717) is 22.7 Å². The number of hydrogen-bond acceptors (Lipinski definition) is 4. The first-order valence-electron chi connectivity index (χ1n) is 6.12. The monoisotopic (exact) mass is 271 g/mol. The van der Waals surface area contributed by atoms with Crippen LogP contribution in [0.3, 0.4) is 0 Å². The van der Waals surface area contributed by atoms with Crippen LogP contribution in [0.5, 0.6) is 17.2 Å². The quantitative estimate of drug-likeness (QED) is 0.932. The Bertz CT molecular complexity index is 637. The highest BCUT2D eigenvalue weighted by molar-refractivity contribution is 6.06. The molecule has 0 fully saturated rings. The zero-order valence-corrected chi connectivity index (χ0v) is 10.9. The maximum atomic E-state index is 12.3. The summed E-state index contributed by atoms with van der Waals surface area (Å²) < 4.78 is 15.6. The number of para-hydroxylation sites is 1. The van der Waals surface area contributed by atoms with E-state index in [1.165, 1.54) is 0 Å². The van der Waals surface area contributed by atoms with Crippen molar-refractivity contribution in [2.24, 2.45) is 0 Å². The first-order chi connectivity index (χ1) is 9.78. The summed E-state index contributed by atoms with van der Waals surface area (Å²) in [5.74, 6) is 1.57. The molecule has 5 nitrogen and oxygen atoms in total. The molecule has 0 spiro atoms. The molecule has 20 heavy (non-hydrogen) atoms. The first-order valence-corrected chi connectivity index (χ1v) is 6.12. The Morgan fingerprint density at radius 2 is 1.95 bits per heavy atom. The second-order valence-corrected chi connectivity index (χ2v) is 4.22. The van der Waals surface area contributed by atoms with E-state index in [1.807, 2.05) is 0 Å². The minimum absolute atomic E-state index is 0.141. The Morgan fingerprint density at radius 3 is 2.70 bits per heavy atom. The predicted octanol–water partition coefficient (Wildman–Crippen LogP) is 2.68. The Hall–Kier alpha value is -2.69. The third-order valence-electron chi connectivity index (χ3n) is 2.99. The lowest BCUT2D eigenvalue weighted by Gasteiger charge is -2.08. The molecule has 0 radical (unpaired) electrons. The highest BCUT2D eigenvalue weighted by atomic mass is 16.7. The van der Waals surface area contributed by atoms with E-state index in [0.717, 1.165) is 5.75 Å². The fraction of sp³-hybridized carbons (Fsp3) is 0.133. The van der Waals surface area contributed by atoms with E-state index in [2.05, 4.69) is 5.32 Å². The molecule has 5 heteroatoms. The van der Waals surface area contributed by atoms with Gasteiger partial charge in [0.05, 0.1) is 12.7 Å². The minimum Gasteiger partial charge on any atom is -0.497 e. The van der Waals surface area contributed by atoms with E-state index >= 15 is 0 Å². The van der Waals surface area contributed by atoms with Crippen LogP contribution in [0, 0.1) is 0 Å². The van der Waals surface area contributed by atoms with Gasteiger partial charge in [0.2, 0.25) is 6.79 Å². The molecular weight excluding hydrogens is 258 g/mol. The van der Waals surface area contributed by atoms with Gasteiger partial charge in [-0.05, 0) is 36.4 Å². The van der Waals surface area contributed by atoms with Crippen LogP contribution in [0.2, 0.25) is 0 Å². The Kier molecular flexibility index (Phi) is 3.16. The molecule has 102 valence electrons. The highest BCUT2D eigenvalue weighted by Crippen LogP contribution is 2.35. The molecule has 0 unspecified atom stereocenters. The van der Waals surface area contributed by atoms with Crippen molar-refractivity contribution < 1.29 is 19.0 Å². The number of amides is 1. The number of nitrogens with one attached hydrogen (secondary N) is 1. The van der Waals surface area contributed by atoms with Crippen LogP contribution in [-0.2, 0) is 0 Å². The zero-order valence-electron chi connectivity index (χ0n) is 10.9. The molecule has 0 atom stereocenters. The third-order valence-corrected chi connectivity index (χ3v) is 2.99. The maximum Gasteiger partial charge on any atom is 0.259 e. The number of anilines is 1. The number of rotatable bonds is 3. The first kappa shape index (κ1) is 12.3. The van der Waals surface area contributed by atoms with Gasteiger partial charge in [-0.15, -0.1) is 0 Å². The Balaban J connectivity index is 1.81. The van der Waals surface area contributed by atoms with E-state index < -0.39 is 0 Å². The van der Waals surface area contributed by atoms with Crippen molar-refractivity contribution in [1.82, 2.24) is 0 Å². The topological polar surface area (TPSA) is 56.8 Å². The van der Waals surface area contributed by atoms with Crippen molar-refractivity contribution in [3.63, 3.8) is 0 Å². The van der Waals surface area contributed by atoms with Gasteiger partial charge in [0.1, 0.15) is 5.75 Å². The predicted molar refractivity (Wildman–Crippen MR) is 73.5 cm³/mol. The summed E-state index contributed by atoms with van der Waals surface area (Å²) >= 11 is 0. The number of hydrogen-bond donors (Lipinski definition) is 1. The molecule has 1 N–H and O–H groups in total. The normalized spacial score (nSPS) is 12.1. The van der Waals surface area contributed by atoms with Gasteiger partial charge in [0.25, 0.3) is 5.91 Å². The average Bonchev–Trinajstić information content (AvgIpc) is 2.96. The molecule has 2 aromatic carbocycles.